The van der Waals surface area contributed by atoms with Crippen LogP contribution in [0.2, 0.25) is 0 Å². The summed E-state index contributed by atoms with van der Waals surface area (Å²) in [5, 5.41) is 21.7. The van der Waals surface area contributed by atoms with E-state index in [0.717, 1.165) is 36.4 Å². The van der Waals surface area contributed by atoms with Crippen molar-refractivity contribution >= 4 is 43.4 Å². The first-order valence-electron chi connectivity index (χ1n) is 7.11. The highest BCUT2D eigenvalue weighted by Gasteiger charge is 2.34. The summed E-state index contributed by atoms with van der Waals surface area (Å²) < 4.78 is 61.5. The third-order valence-corrected chi connectivity index (χ3v) is 5.87. The molecule has 2 aromatic rings. The number of rotatable bonds is 4. The smallest absolute Gasteiger partial charge is 0.340 e. The van der Waals surface area contributed by atoms with E-state index in [1.807, 2.05) is 0 Å². The first kappa shape index (κ1) is 19.4. The quantitative estimate of drug-likeness (QED) is 0.327. The second-order valence-electron chi connectivity index (χ2n) is 5.44. The molecule has 0 unspecified atom stereocenters. The van der Waals surface area contributed by atoms with Gasteiger partial charge in [-0.2, -0.15) is 16.8 Å². The molecule has 14 heteroatoms. The minimum absolute atomic E-state index is 0.0785. The number of fused-ring (bicyclic) bond motifs is 1. The van der Waals surface area contributed by atoms with Crippen molar-refractivity contribution in [1.29, 1.82) is 0 Å². The lowest BCUT2D eigenvalue weighted by Gasteiger charge is -2.04. The molecule has 0 fully saturated rings. The molecule has 1 heterocycles. The maximum Gasteiger partial charge on any atom is 0.340 e. The summed E-state index contributed by atoms with van der Waals surface area (Å²) in [5.74, 6) is -0.372. The first-order chi connectivity index (χ1) is 12.9. The van der Waals surface area contributed by atoms with Gasteiger partial charge in [0.05, 0.1) is 9.85 Å². The van der Waals surface area contributed by atoms with Crippen molar-refractivity contribution in [2.45, 2.75) is 9.79 Å². The Morgan fingerprint density at radius 3 is 2.14 bits per heavy atom. The first-order valence-corrected chi connectivity index (χ1v) is 9.96. The van der Waals surface area contributed by atoms with E-state index in [1.54, 1.807) is 0 Å². The number of non-ortho nitro benzene ring substituents is 2. The standard InChI is InChI=1S/C14H8N2O10S2/c17-15(18)9-2-1-8(13(6-9)27(21,22)23)5-12-11-4-3-10(16(19)20)7-14(11)28(24,25)26-12/h1-7H,(H,21,22,23)/b12-5+. The topological polar surface area (TPSA) is 184 Å². The van der Waals surface area contributed by atoms with Crippen molar-refractivity contribution in [1.82, 2.24) is 0 Å². The lowest BCUT2D eigenvalue weighted by molar-refractivity contribution is -0.385. The molecule has 0 bridgehead atoms. The van der Waals surface area contributed by atoms with Crippen LogP contribution < -0.4 is 0 Å². The van der Waals surface area contributed by atoms with Crippen molar-refractivity contribution in [3.05, 3.63) is 67.8 Å². The Kier molecular flexibility index (Phi) is 4.41. The number of nitrogens with zero attached hydrogens (tertiary/aromatic N) is 2. The molecule has 1 aliphatic heterocycles. The van der Waals surface area contributed by atoms with Gasteiger partial charge >= 0.3 is 10.1 Å². The van der Waals surface area contributed by atoms with Crippen LogP contribution in [0.5, 0.6) is 0 Å². The number of hydrogen-bond donors (Lipinski definition) is 1. The van der Waals surface area contributed by atoms with Crippen LogP contribution in [0.25, 0.3) is 11.8 Å². The minimum Gasteiger partial charge on any atom is -0.378 e. The molecule has 2 aromatic carbocycles. The van der Waals surface area contributed by atoms with Gasteiger partial charge in [0, 0.05) is 29.8 Å². The van der Waals surface area contributed by atoms with Crippen LogP contribution in [0.4, 0.5) is 11.4 Å². The van der Waals surface area contributed by atoms with E-state index in [-0.39, 0.29) is 16.9 Å². The third-order valence-electron chi connectivity index (χ3n) is 3.68. The molecule has 0 radical (unpaired) electrons. The molecule has 0 aromatic heterocycles. The summed E-state index contributed by atoms with van der Waals surface area (Å²) in [4.78, 5) is 18.6. The van der Waals surface area contributed by atoms with Crippen molar-refractivity contribution < 1.29 is 35.4 Å². The van der Waals surface area contributed by atoms with Gasteiger partial charge in [0.1, 0.15) is 9.79 Å². The summed E-state index contributed by atoms with van der Waals surface area (Å²) in [7, 11) is -9.29. The molecule has 1 aliphatic rings. The summed E-state index contributed by atoms with van der Waals surface area (Å²) in [6.07, 6.45) is 0.933. The van der Waals surface area contributed by atoms with E-state index in [0.29, 0.717) is 6.07 Å². The minimum atomic E-state index is -4.90. The highest BCUT2D eigenvalue weighted by Crippen LogP contribution is 2.39. The monoisotopic (exact) mass is 428 g/mol. The Labute approximate surface area is 156 Å². The zero-order valence-electron chi connectivity index (χ0n) is 13.4. The fourth-order valence-electron chi connectivity index (χ4n) is 2.47. The highest BCUT2D eigenvalue weighted by molar-refractivity contribution is 7.87. The van der Waals surface area contributed by atoms with Crippen LogP contribution in [0, 0.1) is 20.2 Å². The van der Waals surface area contributed by atoms with Gasteiger partial charge in [-0.25, -0.2) is 0 Å². The van der Waals surface area contributed by atoms with Crippen LogP contribution in [0.3, 0.4) is 0 Å². The van der Waals surface area contributed by atoms with E-state index in [9.17, 15) is 41.6 Å². The number of benzene rings is 2. The van der Waals surface area contributed by atoms with E-state index in [1.165, 1.54) is 0 Å². The largest absolute Gasteiger partial charge is 0.378 e. The van der Waals surface area contributed by atoms with Gasteiger partial charge in [-0.1, -0.05) is 0 Å². The van der Waals surface area contributed by atoms with Crippen molar-refractivity contribution in [2.24, 2.45) is 0 Å². The van der Waals surface area contributed by atoms with E-state index in [4.69, 9.17) is 4.18 Å². The molecule has 0 aliphatic carbocycles. The average Bonchev–Trinajstić information content (AvgIpc) is 2.84. The van der Waals surface area contributed by atoms with E-state index in [2.05, 4.69) is 0 Å². The molecule has 0 spiro atoms. The molecule has 0 saturated carbocycles. The molecule has 12 nitrogen and oxygen atoms in total. The number of hydrogen-bond acceptors (Lipinski definition) is 9. The Hall–Kier alpha value is -3.36. The van der Waals surface area contributed by atoms with Crippen LogP contribution in [0.15, 0.2) is 46.2 Å². The number of nitro benzene ring substituents is 2. The van der Waals surface area contributed by atoms with E-state index >= 15 is 0 Å². The summed E-state index contributed by atoms with van der Waals surface area (Å²) >= 11 is 0. The predicted octanol–water partition coefficient (Wildman–Crippen LogP) is 1.97. The highest BCUT2D eigenvalue weighted by atomic mass is 32.2. The molecule has 0 amide bonds. The zero-order valence-corrected chi connectivity index (χ0v) is 15.0. The maximum absolute atomic E-state index is 12.1. The van der Waals surface area contributed by atoms with Gasteiger partial charge in [0.2, 0.25) is 0 Å². The lowest BCUT2D eigenvalue weighted by atomic mass is 10.1. The van der Waals surface area contributed by atoms with Gasteiger partial charge in [0.25, 0.3) is 21.5 Å². The van der Waals surface area contributed by atoms with Crippen molar-refractivity contribution in [3.8, 4) is 0 Å². The fourth-order valence-corrected chi connectivity index (χ4v) is 4.33. The molecule has 3 rings (SSSR count). The third kappa shape index (κ3) is 3.42. The Bertz CT molecular complexity index is 1280. The summed E-state index contributed by atoms with van der Waals surface area (Å²) in [6, 6.07) is 5.43. The van der Waals surface area contributed by atoms with Gasteiger partial charge in [-0.05, 0) is 23.8 Å². The molecular formula is C14H8N2O10S2. The molecular weight excluding hydrogens is 420 g/mol. The Morgan fingerprint density at radius 1 is 1.00 bits per heavy atom. The average molecular weight is 428 g/mol. The van der Waals surface area contributed by atoms with Crippen LogP contribution >= 0.6 is 0 Å². The van der Waals surface area contributed by atoms with Crippen LogP contribution in [-0.4, -0.2) is 31.2 Å². The van der Waals surface area contributed by atoms with Crippen LogP contribution in [-0.2, 0) is 24.4 Å². The predicted molar refractivity (Wildman–Crippen MR) is 92.1 cm³/mol. The van der Waals surface area contributed by atoms with Gasteiger partial charge in [-0.3, -0.25) is 24.8 Å². The van der Waals surface area contributed by atoms with E-state index < -0.39 is 51.2 Å². The second kappa shape index (κ2) is 6.36. The van der Waals surface area contributed by atoms with Crippen LogP contribution in [0.1, 0.15) is 11.1 Å². The Morgan fingerprint density at radius 2 is 1.57 bits per heavy atom. The molecule has 146 valence electrons. The second-order valence-corrected chi connectivity index (χ2v) is 8.34. The lowest BCUT2D eigenvalue weighted by Crippen LogP contribution is -2.02. The van der Waals surface area contributed by atoms with Gasteiger partial charge in [0.15, 0.2) is 5.76 Å². The molecule has 28 heavy (non-hydrogen) atoms. The molecule has 0 saturated heterocycles. The maximum atomic E-state index is 12.1. The SMILES string of the molecule is O=[N+]([O-])c1ccc(/C=C2/OS(=O)(=O)c3cc([N+](=O)[O-])ccc32)c(S(=O)(=O)O)c1. The Balaban J connectivity index is 2.22. The molecule has 1 N–H and O–H groups in total. The fraction of sp³-hybridized carbons (Fsp3) is 0. The zero-order chi connectivity index (χ0) is 20.9. The number of nitro groups is 2. The summed E-state index contributed by atoms with van der Waals surface area (Å²) in [5.41, 5.74) is -1.48. The molecule has 0 atom stereocenters. The summed E-state index contributed by atoms with van der Waals surface area (Å²) in [6.45, 7) is 0. The van der Waals surface area contributed by atoms with Crippen molar-refractivity contribution in [3.63, 3.8) is 0 Å². The normalized spacial score (nSPS) is 16.4. The van der Waals surface area contributed by atoms with Crippen molar-refractivity contribution in [2.75, 3.05) is 0 Å². The van der Waals surface area contributed by atoms with Gasteiger partial charge in [-0.15, -0.1) is 0 Å². The van der Waals surface area contributed by atoms with Gasteiger partial charge < -0.3 is 4.18 Å².